The summed E-state index contributed by atoms with van der Waals surface area (Å²) >= 11 is 0. The van der Waals surface area contributed by atoms with E-state index in [1.807, 2.05) is 6.07 Å². The van der Waals surface area contributed by atoms with Crippen LogP contribution in [0.2, 0.25) is 0 Å². The largest absolute Gasteiger partial charge is 0.329 e. The lowest BCUT2D eigenvalue weighted by molar-refractivity contribution is 0.334. The predicted octanol–water partition coefficient (Wildman–Crippen LogP) is 2.29. The van der Waals surface area contributed by atoms with Crippen molar-refractivity contribution in [1.82, 2.24) is 5.32 Å². The predicted molar refractivity (Wildman–Crippen MR) is 65.6 cm³/mol. The highest BCUT2D eigenvalue weighted by molar-refractivity contribution is 5.14. The molecule has 1 aromatic rings. The van der Waals surface area contributed by atoms with Gasteiger partial charge in [-0.1, -0.05) is 43.7 Å². The van der Waals surface area contributed by atoms with E-state index < -0.39 is 0 Å². The molecule has 1 atom stereocenters. The Morgan fingerprint density at radius 3 is 2.47 bits per heavy atom. The van der Waals surface area contributed by atoms with Gasteiger partial charge >= 0.3 is 0 Å². The molecule has 0 saturated carbocycles. The molecule has 1 rings (SSSR count). The molecule has 1 aromatic carbocycles. The molecule has 84 valence electrons. The van der Waals surface area contributed by atoms with Crippen LogP contribution in [0.4, 0.5) is 0 Å². The van der Waals surface area contributed by atoms with E-state index in [9.17, 15) is 0 Å². The Bertz CT molecular complexity index is 271. The van der Waals surface area contributed by atoms with Crippen LogP contribution in [0.25, 0.3) is 0 Å². The lowest BCUT2D eigenvalue weighted by Crippen LogP contribution is -2.48. The van der Waals surface area contributed by atoms with E-state index in [0.29, 0.717) is 6.54 Å². The fraction of sp³-hybridized carbons (Fsp3) is 0.538. The average Bonchev–Trinajstić information content (AvgIpc) is 2.28. The Labute approximate surface area is 92.9 Å². The van der Waals surface area contributed by atoms with Crippen LogP contribution < -0.4 is 11.1 Å². The molecule has 0 fully saturated rings. The number of nitrogens with one attached hydrogen (secondary N) is 1. The van der Waals surface area contributed by atoms with Crippen LogP contribution in [-0.4, -0.2) is 12.1 Å². The molecule has 0 amide bonds. The number of benzene rings is 1. The van der Waals surface area contributed by atoms with Crippen LogP contribution in [-0.2, 0) is 6.54 Å². The molecule has 15 heavy (non-hydrogen) atoms. The first-order chi connectivity index (χ1) is 7.20. The van der Waals surface area contributed by atoms with Gasteiger partial charge in [0.05, 0.1) is 0 Å². The second-order valence-electron chi connectivity index (χ2n) is 4.35. The number of nitrogens with two attached hydrogens (primary N) is 1. The van der Waals surface area contributed by atoms with Crippen LogP contribution in [0.5, 0.6) is 0 Å². The summed E-state index contributed by atoms with van der Waals surface area (Å²) in [6, 6.07) is 10.4. The molecule has 0 heterocycles. The van der Waals surface area contributed by atoms with Crippen molar-refractivity contribution in [3.8, 4) is 0 Å². The zero-order valence-electron chi connectivity index (χ0n) is 9.79. The van der Waals surface area contributed by atoms with E-state index in [2.05, 4.69) is 43.4 Å². The first-order valence-corrected chi connectivity index (χ1v) is 5.69. The Morgan fingerprint density at radius 2 is 1.93 bits per heavy atom. The van der Waals surface area contributed by atoms with Gasteiger partial charge in [0, 0.05) is 18.6 Å². The van der Waals surface area contributed by atoms with E-state index in [0.717, 1.165) is 19.4 Å². The van der Waals surface area contributed by atoms with Crippen molar-refractivity contribution in [3.63, 3.8) is 0 Å². The van der Waals surface area contributed by atoms with E-state index in [1.54, 1.807) is 0 Å². The van der Waals surface area contributed by atoms with Crippen LogP contribution in [0, 0.1) is 0 Å². The van der Waals surface area contributed by atoms with Gasteiger partial charge in [-0.3, -0.25) is 0 Å². The van der Waals surface area contributed by atoms with Crippen molar-refractivity contribution in [2.75, 3.05) is 6.54 Å². The molecule has 0 bridgehead atoms. The minimum Gasteiger partial charge on any atom is -0.329 e. The van der Waals surface area contributed by atoms with E-state index in [-0.39, 0.29) is 5.54 Å². The summed E-state index contributed by atoms with van der Waals surface area (Å²) in [6.07, 6.45) is 2.28. The monoisotopic (exact) mass is 206 g/mol. The molecule has 1 unspecified atom stereocenters. The minimum atomic E-state index is 0.0740. The maximum absolute atomic E-state index is 5.79. The topological polar surface area (TPSA) is 38.0 Å². The van der Waals surface area contributed by atoms with Gasteiger partial charge in [0.2, 0.25) is 0 Å². The van der Waals surface area contributed by atoms with Crippen LogP contribution in [0.3, 0.4) is 0 Å². The smallest absolute Gasteiger partial charge is 0.0278 e. The summed E-state index contributed by atoms with van der Waals surface area (Å²) in [6.45, 7) is 5.97. The summed E-state index contributed by atoms with van der Waals surface area (Å²) in [4.78, 5) is 0. The van der Waals surface area contributed by atoms with Crippen molar-refractivity contribution < 1.29 is 0 Å². The zero-order chi connectivity index (χ0) is 11.1. The highest BCUT2D eigenvalue weighted by Crippen LogP contribution is 2.11. The third kappa shape index (κ3) is 4.02. The van der Waals surface area contributed by atoms with Gasteiger partial charge in [0.25, 0.3) is 0 Å². The van der Waals surface area contributed by atoms with Gasteiger partial charge in [-0.05, 0) is 18.9 Å². The average molecular weight is 206 g/mol. The molecule has 0 aromatic heterocycles. The molecule has 0 radical (unpaired) electrons. The van der Waals surface area contributed by atoms with E-state index in [4.69, 9.17) is 5.73 Å². The van der Waals surface area contributed by atoms with E-state index >= 15 is 0 Å². The summed E-state index contributed by atoms with van der Waals surface area (Å²) in [5.74, 6) is 0. The molecule has 0 saturated heterocycles. The SMILES string of the molecule is CCCC(C)(CN)NCc1ccccc1. The molecule has 3 N–H and O–H groups in total. The minimum absolute atomic E-state index is 0.0740. The molecule has 2 nitrogen and oxygen atoms in total. The quantitative estimate of drug-likeness (QED) is 0.749. The first-order valence-electron chi connectivity index (χ1n) is 5.69. The van der Waals surface area contributed by atoms with Crippen LogP contribution >= 0.6 is 0 Å². The summed E-state index contributed by atoms with van der Waals surface area (Å²) in [5.41, 5.74) is 7.18. The summed E-state index contributed by atoms with van der Waals surface area (Å²) < 4.78 is 0. The first kappa shape index (κ1) is 12.2. The molecule has 0 aliphatic heterocycles. The molecular weight excluding hydrogens is 184 g/mol. The molecule has 0 spiro atoms. The standard InChI is InChI=1S/C13H22N2/c1-3-9-13(2,11-14)15-10-12-7-5-4-6-8-12/h4-8,15H,3,9-11,14H2,1-2H3. The summed E-state index contributed by atoms with van der Waals surface area (Å²) in [7, 11) is 0. The molecule has 0 aliphatic rings. The molecule has 0 aliphatic carbocycles. The number of rotatable bonds is 6. The van der Waals surface area contributed by atoms with Crippen LogP contribution in [0.1, 0.15) is 32.3 Å². The normalized spacial score (nSPS) is 14.9. The third-order valence-corrected chi connectivity index (χ3v) is 2.81. The lowest BCUT2D eigenvalue weighted by Gasteiger charge is -2.29. The van der Waals surface area contributed by atoms with Gasteiger partial charge in [0.1, 0.15) is 0 Å². The third-order valence-electron chi connectivity index (χ3n) is 2.81. The zero-order valence-corrected chi connectivity index (χ0v) is 9.79. The van der Waals surface area contributed by atoms with Crippen molar-refractivity contribution in [3.05, 3.63) is 35.9 Å². The fourth-order valence-electron chi connectivity index (χ4n) is 1.73. The fourth-order valence-corrected chi connectivity index (χ4v) is 1.73. The highest BCUT2D eigenvalue weighted by atomic mass is 15.0. The van der Waals surface area contributed by atoms with Crippen molar-refractivity contribution >= 4 is 0 Å². The second kappa shape index (κ2) is 5.89. The van der Waals surface area contributed by atoms with Crippen molar-refractivity contribution in [2.24, 2.45) is 5.73 Å². The van der Waals surface area contributed by atoms with Crippen molar-refractivity contribution in [2.45, 2.75) is 38.8 Å². The van der Waals surface area contributed by atoms with E-state index in [1.165, 1.54) is 5.56 Å². The van der Waals surface area contributed by atoms with Gasteiger partial charge < -0.3 is 11.1 Å². The Hall–Kier alpha value is -0.860. The Kier molecular flexibility index (Phi) is 4.79. The second-order valence-corrected chi connectivity index (χ2v) is 4.35. The molecular formula is C13H22N2. The number of hydrogen-bond acceptors (Lipinski definition) is 2. The van der Waals surface area contributed by atoms with Gasteiger partial charge in [-0.2, -0.15) is 0 Å². The number of hydrogen-bond donors (Lipinski definition) is 2. The van der Waals surface area contributed by atoms with Gasteiger partial charge in [-0.15, -0.1) is 0 Å². The maximum Gasteiger partial charge on any atom is 0.0278 e. The highest BCUT2D eigenvalue weighted by Gasteiger charge is 2.19. The van der Waals surface area contributed by atoms with Gasteiger partial charge in [-0.25, -0.2) is 0 Å². The maximum atomic E-state index is 5.79. The van der Waals surface area contributed by atoms with Crippen LogP contribution in [0.15, 0.2) is 30.3 Å². The van der Waals surface area contributed by atoms with Crippen molar-refractivity contribution in [1.29, 1.82) is 0 Å². The summed E-state index contributed by atoms with van der Waals surface area (Å²) in [5, 5.41) is 3.54. The van der Waals surface area contributed by atoms with Gasteiger partial charge in [0.15, 0.2) is 0 Å². The Balaban J connectivity index is 2.47. The Morgan fingerprint density at radius 1 is 1.27 bits per heavy atom. The lowest BCUT2D eigenvalue weighted by atomic mass is 9.96. The molecule has 2 heteroatoms.